The second-order valence-corrected chi connectivity index (χ2v) is 7.11. The molecule has 1 fully saturated rings. The van der Waals surface area contributed by atoms with Crippen LogP contribution in [0.2, 0.25) is 0 Å². The van der Waals surface area contributed by atoms with Crippen molar-refractivity contribution in [1.29, 1.82) is 0 Å². The molecule has 19 heavy (non-hydrogen) atoms. The Labute approximate surface area is 112 Å². The van der Waals surface area contributed by atoms with Gasteiger partial charge in [-0.15, -0.1) is 0 Å². The monoisotopic (exact) mass is 279 g/mol. The molecule has 0 saturated carbocycles. The zero-order chi connectivity index (χ0) is 13.5. The minimum absolute atomic E-state index is 0.334. The maximum Gasteiger partial charge on any atom is 0.175 e. The predicted molar refractivity (Wildman–Crippen MR) is 74.0 cm³/mol. The number of hydrogen-bond donors (Lipinski definition) is 2. The maximum absolute atomic E-state index is 11.5. The number of H-pyrrole nitrogens is 1. The van der Waals surface area contributed by atoms with Gasteiger partial charge in [0, 0.05) is 12.2 Å². The van der Waals surface area contributed by atoms with Gasteiger partial charge in [-0.1, -0.05) is 0 Å². The van der Waals surface area contributed by atoms with Gasteiger partial charge in [0.15, 0.2) is 9.84 Å². The lowest BCUT2D eigenvalue weighted by atomic mass is 9.98. The van der Waals surface area contributed by atoms with Crippen LogP contribution in [0, 0.1) is 0 Å². The third-order valence-electron chi connectivity index (χ3n) is 3.63. The molecule has 2 heterocycles. The van der Waals surface area contributed by atoms with Crippen LogP contribution in [0.15, 0.2) is 23.1 Å². The molecule has 0 aliphatic carbocycles. The average Bonchev–Trinajstić information content (AvgIpc) is 2.81. The lowest BCUT2D eigenvalue weighted by Gasteiger charge is -2.20. The summed E-state index contributed by atoms with van der Waals surface area (Å²) in [5.74, 6) is 1.41. The van der Waals surface area contributed by atoms with E-state index < -0.39 is 9.84 Å². The summed E-state index contributed by atoms with van der Waals surface area (Å²) in [7, 11) is -3.17. The SMILES string of the molecule is CS(=O)(=O)c1ccc2nc(C3CCNCC3)[nH]c2c1. The number of nitrogens with one attached hydrogen (secondary N) is 2. The quantitative estimate of drug-likeness (QED) is 0.872. The Balaban J connectivity index is 2.01. The fourth-order valence-electron chi connectivity index (χ4n) is 2.53. The number of piperidine rings is 1. The number of nitrogens with zero attached hydrogens (tertiary/aromatic N) is 1. The van der Waals surface area contributed by atoms with Crippen LogP contribution in [0.25, 0.3) is 11.0 Å². The molecule has 6 heteroatoms. The summed E-state index contributed by atoms with van der Waals surface area (Å²) in [5, 5.41) is 3.33. The summed E-state index contributed by atoms with van der Waals surface area (Å²) in [6.07, 6.45) is 3.36. The molecule has 1 aliphatic heterocycles. The first-order chi connectivity index (χ1) is 9.04. The van der Waals surface area contributed by atoms with E-state index in [1.807, 2.05) is 0 Å². The minimum Gasteiger partial charge on any atom is -0.342 e. The fourth-order valence-corrected chi connectivity index (χ4v) is 3.17. The van der Waals surface area contributed by atoms with E-state index in [1.165, 1.54) is 6.26 Å². The Bertz CT molecular complexity index is 700. The third kappa shape index (κ3) is 2.50. The third-order valence-corrected chi connectivity index (χ3v) is 4.74. The topological polar surface area (TPSA) is 74.8 Å². The molecule has 2 aromatic rings. The Morgan fingerprint density at radius 2 is 2.00 bits per heavy atom. The van der Waals surface area contributed by atoms with Gasteiger partial charge in [0.2, 0.25) is 0 Å². The number of fused-ring (bicyclic) bond motifs is 1. The van der Waals surface area contributed by atoms with E-state index in [4.69, 9.17) is 0 Å². The van der Waals surface area contributed by atoms with E-state index in [0.717, 1.165) is 42.8 Å². The molecular weight excluding hydrogens is 262 g/mol. The highest BCUT2D eigenvalue weighted by Crippen LogP contribution is 2.26. The largest absolute Gasteiger partial charge is 0.342 e. The lowest BCUT2D eigenvalue weighted by Crippen LogP contribution is -2.27. The van der Waals surface area contributed by atoms with Gasteiger partial charge in [-0.2, -0.15) is 0 Å². The number of benzene rings is 1. The van der Waals surface area contributed by atoms with Crippen molar-refractivity contribution < 1.29 is 8.42 Å². The van der Waals surface area contributed by atoms with Crippen molar-refractivity contribution in [2.24, 2.45) is 0 Å². The standard InChI is InChI=1S/C13H17N3O2S/c1-19(17,18)10-2-3-11-12(8-10)16-13(15-11)9-4-6-14-7-5-9/h2-3,8-9,14H,4-7H2,1H3,(H,15,16). The molecule has 2 N–H and O–H groups in total. The van der Waals surface area contributed by atoms with Gasteiger partial charge in [-0.05, 0) is 44.1 Å². The Kier molecular flexibility index (Phi) is 3.06. The van der Waals surface area contributed by atoms with Crippen LogP contribution >= 0.6 is 0 Å². The Morgan fingerprint density at radius 3 is 2.68 bits per heavy atom. The zero-order valence-electron chi connectivity index (χ0n) is 10.8. The van der Waals surface area contributed by atoms with Crippen molar-refractivity contribution >= 4 is 20.9 Å². The number of hydrogen-bond acceptors (Lipinski definition) is 4. The van der Waals surface area contributed by atoms with Crippen LogP contribution in [-0.2, 0) is 9.84 Å². The van der Waals surface area contributed by atoms with Crippen molar-refractivity contribution in [3.8, 4) is 0 Å². The minimum atomic E-state index is -3.17. The van der Waals surface area contributed by atoms with Crippen LogP contribution in [0.4, 0.5) is 0 Å². The lowest BCUT2D eigenvalue weighted by molar-refractivity contribution is 0.448. The normalized spacial score (nSPS) is 17.9. The Hall–Kier alpha value is -1.40. The van der Waals surface area contributed by atoms with Crippen molar-refractivity contribution in [1.82, 2.24) is 15.3 Å². The van der Waals surface area contributed by atoms with E-state index in [2.05, 4.69) is 15.3 Å². The molecule has 0 radical (unpaired) electrons. The van der Waals surface area contributed by atoms with Crippen LogP contribution in [0.5, 0.6) is 0 Å². The van der Waals surface area contributed by atoms with Crippen LogP contribution in [0.3, 0.4) is 0 Å². The van der Waals surface area contributed by atoms with Crippen LogP contribution in [0.1, 0.15) is 24.6 Å². The maximum atomic E-state index is 11.5. The first-order valence-corrected chi connectivity index (χ1v) is 8.33. The van der Waals surface area contributed by atoms with Gasteiger partial charge < -0.3 is 10.3 Å². The molecular formula is C13H17N3O2S. The summed E-state index contributed by atoms with van der Waals surface area (Å²) in [6, 6.07) is 5.06. The summed E-state index contributed by atoms with van der Waals surface area (Å²) < 4.78 is 23.1. The van der Waals surface area contributed by atoms with Gasteiger partial charge in [-0.3, -0.25) is 0 Å². The van der Waals surface area contributed by atoms with E-state index >= 15 is 0 Å². The number of aromatic amines is 1. The van der Waals surface area contributed by atoms with E-state index in [0.29, 0.717) is 10.8 Å². The van der Waals surface area contributed by atoms with Crippen molar-refractivity contribution in [2.75, 3.05) is 19.3 Å². The molecule has 5 nitrogen and oxygen atoms in total. The molecule has 3 rings (SSSR count). The van der Waals surface area contributed by atoms with Gasteiger partial charge in [-0.25, -0.2) is 13.4 Å². The second kappa shape index (κ2) is 4.61. The smallest absolute Gasteiger partial charge is 0.175 e. The van der Waals surface area contributed by atoms with Gasteiger partial charge in [0.05, 0.1) is 15.9 Å². The second-order valence-electron chi connectivity index (χ2n) is 5.10. The van der Waals surface area contributed by atoms with Crippen LogP contribution in [-0.4, -0.2) is 37.7 Å². The molecule has 1 aromatic heterocycles. The summed E-state index contributed by atoms with van der Waals surface area (Å²) in [4.78, 5) is 8.19. The highest BCUT2D eigenvalue weighted by molar-refractivity contribution is 7.90. The molecule has 1 saturated heterocycles. The summed E-state index contributed by atoms with van der Waals surface area (Å²) >= 11 is 0. The van der Waals surface area contributed by atoms with Crippen molar-refractivity contribution in [3.05, 3.63) is 24.0 Å². The molecule has 0 atom stereocenters. The van der Waals surface area contributed by atoms with Gasteiger partial charge >= 0.3 is 0 Å². The molecule has 0 unspecified atom stereocenters. The van der Waals surface area contributed by atoms with Crippen molar-refractivity contribution in [3.63, 3.8) is 0 Å². The number of imidazole rings is 1. The fraction of sp³-hybridized carbons (Fsp3) is 0.462. The van der Waals surface area contributed by atoms with E-state index in [1.54, 1.807) is 18.2 Å². The highest BCUT2D eigenvalue weighted by atomic mass is 32.2. The summed E-state index contributed by atoms with van der Waals surface area (Å²) in [5.41, 5.74) is 1.64. The molecule has 0 bridgehead atoms. The zero-order valence-corrected chi connectivity index (χ0v) is 11.6. The van der Waals surface area contributed by atoms with E-state index in [-0.39, 0.29) is 0 Å². The van der Waals surface area contributed by atoms with Crippen molar-refractivity contribution in [2.45, 2.75) is 23.7 Å². The number of rotatable bonds is 2. The summed E-state index contributed by atoms with van der Waals surface area (Å²) in [6.45, 7) is 2.02. The van der Waals surface area contributed by atoms with E-state index in [9.17, 15) is 8.42 Å². The molecule has 0 spiro atoms. The molecule has 102 valence electrons. The Morgan fingerprint density at radius 1 is 1.26 bits per heavy atom. The highest BCUT2D eigenvalue weighted by Gasteiger charge is 2.19. The predicted octanol–water partition coefficient (Wildman–Crippen LogP) is 1.43. The molecule has 0 amide bonds. The first-order valence-electron chi connectivity index (χ1n) is 6.44. The van der Waals surface area contributed by atoms with Gasteiger partial charge in [0.1, 0.15) is 5.82 Å². The first kappa shape index (κ1) is 12.6. The number of aromatic nitrogens is 2. The average molecular weight is 279 g/mol. The van der Waals surface area contributed by atoms with Gasteiger partial charge in [0.25, 0.3) is 0 Å². The number of sulfone groups is 1. The molecule has 1 aliphatic rings. The molecule has 1 aromatic carbocycles. The van der Waals surface area contributed by atoms with Crippen LogP contribution < -0.4 is 5.32 Å².